The molecule has 0 spiro atoms. The maximum Gasteiger partial charge on any atom is 0.239 e. The van der Waals surface area contributed by atoms with E-state index in [9.17, 15) is 4.79 Å². The van der Waals surface area contributed by atoms with E-state index in [1.807, 2.05) is 24.3 Å². The predicted octanol–water partition coefficient (Wildman–Crippen LogP) is 1.41. The van der Waals surface area contributed by atoms with Gasteiger partial charge in [0.2, 0.25) is 5.91 Å². The first kappa shape index (κ1) is 16.5. The molecule has 0 radical (unpaired) electrons. The van der Waals surface area contributed by atoms with Gasteiger partial charge in [-0.3, -0.25) is 4.79 Å². The number of hydrogen-bond donors (Lipinski definition) is 1. The second-order valence-electron chi connectivity index (χ2n) is 4.79. The van der Waals surface area contributed by atoms with Crippen molar-refractivity contribution in [3.8, 4) is 5.75 Å². The summed E-state index contributed by atoms with van der Waals surface area (Å²) in [6, 6.07) is 7.19. The molecule has 0 bridgehead atoms. The lowest BCUT2D eigenvalue weighted by molar-refractivity contribution is -0.132. The lowest BCUT2D eigenvalue weighted by Gasteiger charge is -2.21. The van der Waals surface area contributed by atoms with Crippen molar-refractivity contribution in [3.63, 3.8) is 0 Å². The number of ether oxygens (including phenoxy) is 2. The smallest absolute Gasteiger partial charge is 0.239 e. The van der Waals surface area contributed by atoms with Crippen molar-refractivity contribution in [1.82, 2.24) is 4.90 Å². The lowest BCUT2D eigenvalue weighted by Crippen LogP contribution is -2.41. The van der Waals surface area contributed by atoms with E-state index in [4.69, 9.17) is 15.2 Å². The Morgan fingerprint density at radius 1 is 1.40 bits per heavy atom. The van der Waals surface area contributed by atoms with Crippen LogP contribution in [0.3, 0.4) is 0 Å². The van der Waals surface area contributed by atoms with Gasteiger partial charge in [0.15, 0.2) is 0 Å². The Bertz CT molecular complexity index is 423. The van der Waals surface area contributed by atoms with Crippen LogP contribution in [-0.4, -0.2) is 44.7 Å². The molecule has 1 atom stereocenters. The summed E-state index contributed by atoms with van der Waals surface area (Å²) in [5.74, 6) is 0.733. The van der Waals surface area contributed by atoms with Crippen LogP contribution >= 0.6 is 0 Å². The number of nitrogens with zero attached hydrogens (tertiary/aromatic N) is 1. The average Bonchev–Trinajstić information content (AvgIpc) is 2.46. The van der Waals surface area contributed by atoms with Crippen LogP contribution in [-0.2, 0) is 16.1 Å². The van der Waals surface area contributed by atoms with Crippen molar-refractivity contribution in [1.29, 1.82) is 0 Å². The minimum Gasteiger partial charge on any atom is -0.497 e. The third-order valence-corrected chi connectivity index (χ3v) is 3.11. The second kappa shape index (κ2) is 8.55. The van der Waals surface area contributed by atoms with E-state index in [0.29, 0.717) is 19.6 Å². The Morgan fingerprint density at radius 2 is 2.15 bits per heavy atom. The number of benzene rings is 1. The van der Waals surface area contributed by atoms with Crippen LogP contribution in [0.4, 0.5) is 0 Å². The summed E-state index contributed by atoms with van der Waals surface area (Å²) in [5.41, 5.74) is 6.92. The summed E-state index contributed by atoms with van der Waals surface area (Å²) in [5, 5.41) is 0. The molecule has 0 saturated carbocycles. The molecular formula is C15H24N2O3. The molecule has 0 saturated heterocycles. The van der Waals surface area contributed by atoms with Crippen LogP contribution in [0.2, 0.25) is 0 Å². The summed E-state index contributed by atoms with van der Waals surface area (Å²) in [6.07, 6.45) is 1.42. The van der Waals surface area contributed by atoms with Gasteiger partial charge in [-0.2, -0.15) is 0 Å². The molecule has 0 heterocycles. The second-order valence-corrected chi connectivity index (χ2v) is 4.79. The van der Waals surface area contributed by atoms with Gasteiger partial charge in [-0.1, -0.05) is 12.1 Å². The fourth-order valence-corrected chi connectivity index (χ4v) is 1.98. The van der Waals surface area contributed by atoms with Crippen LogP contribution in [0.1, 0.15) is 18.4 Å². The third kappa shape index (κ3) is 5.19. The highest BCUT2D eigenvalue weighted by molar-refractivity contribution is 5.81. The molecule has 20 heavy (non-hydrogen) atoms. The summed E-state index contributed by atoms with van der Waals surface area (Å²) < 4.78 is 10.1. The van der Waals surface area contributed by atoms with E-state index in [1.165, 1.54) is 0 Å². The summed E-state index contributed by atoms with van der Waals surface area (Å²) >= 11 is 0. The molecule has 1 rings (SSSR count). The molecule has 0 aliphatic heterocycles. The molecular weight excluding hydrogens is 256 g/mol. The zero-order valence-electron chi connectivity index (χ0n) is 12.5. The van der Waals surface area contributed by atoms with Gasteiger partial charge in [0.1, 0.15) is 5.75 Å². The highest BCUT2D eigenvalue weighted by atomic mass is 16.5. The van der Waals surface area contributed by atoms with E-state index in [2.05, 4.69) is 0 Å². The van der Waals surface area contributed by atoms with Gasteiger partial charge in [0.25, 0.3) is 0 Å². The van der Waals surface area contributed by atoms with E-state index >= 15 is 0 Å². The van der Waals surface area contributed by atoms with Gasteiger partial charge >= 0.3 is 0 Å². The minimum atomic E-state index is -0.472. The van der Waals surface area contributed by atoms with Crippen LogP contribution in [0.5, 0.6) is 5.75 Å². The van der Waals surface area contributed by atoms with E-state index in [-0.39, 0.29) is 5.91 Å². The van der Waals surface area contributed by atoms with E-state index in [0.717, 1.165) is 17.7 Å². The Kier molecular flexibility index (Phi) is 7.04. The van der Waals surface area contributed by atoms with Crippen LogP contribution in [0.15, 0.2) is 24.3 Å². The number of carbonyl (C=O) groups is 1. The highest BCUT2D eigenvalue weighted by Gasteiger charge is 2.17. The monoisotopic (exact) mass is 280 g/mol. The van der Waals surface area contributed by atoms with Crippen molar-refractivity contribution in [3.05, 3.63) is 29.8 Å². The average molecular weight is 280 g/mol. The molecule has 0 aromatic heterocycles. The standard InChI is InChI=1S/C15H24N2O3/c1-17(15(18)14(16)8-5-9-19-2)11-12-6-4-7-13(10-12)20-3/h4,6-7,10,14H,5,8-9,11,16H2,1-3H3. The molecule has 112 valence electrons. The highest BCUT2D eigenvalue weighted by Crippen LogP contribution is 2.14. The minimum absolute atomic E-state index is 0.0519. The zero-order chi connectivity index (χ0) is 15.0. The molecule has 1 amide bonds. The number of rotatable bonds is 8. The Morgan fingerprint density at radius 3 is 2.80 bits per heavy atom. The van der Waals surface area contributed by atoms with Crippen LogP contribution in [0.25, 0.3) is 0 Å². The van der Waals surface area contributed by atoms with Gasteiger partial charge in [-0.15, -0.1) is 0 Å². The number of carbonyl (C=O) groups excluding carboxylic acids is 1. The van der Waals surface area contributed by atoms with Crippen molar-refractivity contribution >= 4 is 5.91 Å². The predicted molar refractivity (Wildman–Crippen MR) is 78.6 cm³/mol. The molecule has 5 heteroatoms. The molecule has 1 unspecified atom stereocenters. The largest absolute Gasteiger partial charge is 0.497 e. The Labute approximate surface area is 120 Å². The van der Waals surface area contributed by atoms with Gasteiger partial charge in [0, 0.05) is 27.3 Å². The van der Waals surface area contributed by atoms with Gasteiger partial charge in [-0.05, 0) is 30.5 Å². The number of methoxy groups -OCH3 is 2. The van der Waals surface area contributed by atoms with Crippen molar-refractivity contribution in [2.75, 3.05) is 27.9 Å². The third-order valence-electron chi connectivity index (χ3n) is 3.11. The maximum absolute atomic E-state index is 12.1. The quantitative estimate of drug-likeness (QED) is 0.731. The van der Waals surface area contributed by atoms with Gasteiger partial charge in [-0.25, -0.2) is 0 Å². The lowest BCUT2D eigenvalue weighted by atomic mass is 10.1. The van der Waals surface area contributed by atoms with E-state index < -0.39 is 6.04 Å². The SMILES string of the molecule is COCCCC(N)C(=O)N(C)Cc1cccc(OC)c1. The Balaban J connectivity index is 2.51. The first-order valence-corrected chi connectivity index (χ1v) is 6.71. The molecule has 1 aromatic carbocycles. The zero-order valence-corrected chi connectivity index (χ0v) is 12.5. The Hall–Kier alpha value is -1.59. The molecule has 0 fully saturated rings. The van der Waals surface area contributed by atoms with E-state index in [1.54, 1.807) is 26.2 Å². The fraction of sp³-hybridized carbons (Fsp3) is 0.533. The topological polar surface area (TPSA) is 64.8 Å². The first-order chi connectivity index (χ1) is 9.58. The molecule has 0 aliphatic carbocycles. The fourth-order valence-electron chi connectivity index (χ4n) is 1.98. The van der Waals surface area contributed by atoms with Crippen LogP contribution < -0.4 is 10.5 Å². The van der Waals surface area contributed by atoms with Crippen molar-refractivity contribution in [2.24, 2.45) is 5.73 Å². The molecule has 1 aromatic rings. The number of amides is 1. The van der Waals surface area contributed by atoms with Gasteiger partial charge < -0.3 is 20.1 Å². The number of hydrogen-bond acceptors (Lipinski definition) is 4. The van der Waals surface area contributed by atoms with Crippen molar-refractivity contribution < 1.29 is 14.3 Å². The number of likely N-dealkylation sites (N-methyl/N-ethyl adjacent to an activating group) is 1. The first-order valence-electron chi connectivity index (χ1n) is 6.71. The maximum atomic E-state index is 12.1. The number of nitrogens with two attached hydrogens (primary N) is 1. The summed E-state index contributed by atoms with van der Waals surface area (Å²) in [7, 11) is 5.03. The molecule has 0 aliphatic rings. The summed E-state index contributed by atoms with van der Waals surface area (Å²) in [6.45, 7) is 1.15. The van der Waals surface area contributed by atoms with Crippen molar-refractivity contribution in [2.45, 2.75) is 25.4 Å². The van der Waals surface area contributed by atoms with Crippen LogP contribution in [0, 0.1) is 0 Å². The molecule has 5 nitrogen and oxygen atoms in total. The molecule has 2 N–H and O–H groups in total. The van der Waals surface area contributed by atoms with Gasteiger partial charge in [0.05, 0.1) is 13.2 Å². The normalized spacial score (nSPS) is 12.0. The summed E-state index contributed by atoms with van der Waals surface area (Å²) in [4.78, 5) is 13.8.